The fourth-order valence-electron chi connectivity index (χ4n) is 1.68. The zero-order chi connectivity index (χ0) is 11.4. The van der Waals surface area contributed by atoms with Crippen LogP contribution in [-0.4, -0.2) is 27.9 Å². The molecule has 5 heteroatoms. The first-order chi connectivity index (χ1) is 7.83. The molecule has 0 saturated heterocycles. The third kappa shape index (κ3) is 2.23. The second-order valence-electron chi connectivity index (χ2n) is 3.53. The van der Waals surface area contributed by atoms with Crippen LogP contribution in [0.1, 0.15) is 19.0 Å². The monoisotopic (exact) mass is 235 g/mol. The molecule has 1 atom stereocenters. The lowest BCUT2D eigenvalue weighted by molar-refractivity contribution is 0.357. The van der Waals surface area contributed by atoms with Crippen LogP contribution in [0.5, 0.6) is 5.88 Å². The highest BCUT2D eigenvalue weighted by molar-refractivity contribution is 6.99. The second-order valence-corrected chi connectivity index (χ2v) is 4.06. The van der Waals surface area contributed by atoms with Crippen molar-refractivity contribution in [2.75, 3.05) is 13.2 Å². The molecule has 0 spiro atoms. The molecule has 0 saturated carbocycles. The molecule has 1 N–H and O–H groups in total. The van der Waals surface area contributed by atoms with Crippen LogP contribution in [-0.2, 0) is 0 Å². The van der Waals surface area contributed by atoms with Gasteiger partial charge in [-0.25, -0.2) is 0 Å². The number of hydrogen-bond donors (Lipinski definition) is 1. The highest BCUT2D eigenvalue weighted by Gasteiger charge is 2.21. The van der Waals surface area contributed by atoms with Crippen molar-refractivity contribution in [2.24, 2.45) is 0 Å². The van der Waals surface area contributed by atoms with Gasteiger partial charge >= 0.3 is 0 Å². The third-order valence-electron chi connectivity index (χ3n) is 2.45. The van der Waals surface area contributed by atoms with E-state index in [1.165, 1.54) is 0 Å². The Kier molecular flexibility index (Phi) is 3.54. The summed E-state index contributed by atoms with van der Waals surface area (Å²) in [6.45, 7) is 3.34. The number of nitrogens with zero attached hydrogens (tertiary/aromatic N) is 2. The Hall–Kier alpha value is -1.38. The largest absolute Gasteiger partial charge is 0.462 e. The fourth-order valence-corrected chi connectivity index (χ4v) is 2.20. The predicted molar refractivity (Wildman–Crippen MR) is 64.3 cm³/mol. The second kappa shape index (κ2) is 5.10. The number of hydrogen-bond acceptors (Lipinski definition) is 5. The standard InChI is InChI=1S/C11H13N3OS/c1-3-7-15-11-10(13-16-14-11)9-5-4-6-12-8(9)2/h1,5,8,12H,4,6-7H2,2H3. The quantitative estimate of drug-likeness (QED) is 0.803. The molecule has 0 aliphatic carbocycles. The van der Waals surface area contributed by atoms with Gasteiger partial charge in [-0.2, -0.15) is 4.37 Å². The van der Waals surface area contributed by atoms with Crippen molar-refractivity contribution in [3.05, 3.63) is 11.8 Å². The predicted octanol–water partition coefficient (Wildman–Crippen LogP) is 1.32. The first kappa shape index (κ1) is 11.1. The van der Waals surface area contributed by atoms with Gasteiger partial charge in [-0.15, -0.1) is 10.8 Å². The van der Waals surface area contributed by atoms with Crippen molar-refractivity contribution in [1.82, 2.24) is 14.1 Å². The van der Waals surface area contributed by atoms with Gasteiger partial charge in [0, 0.05) is 6.04 Å². The summed E-state index contributed by atoms with van der Waals surface area (Å²) in [5, 5.41) is 3.38. The van der Waals surface area contributed by atoms with Crippen molar-refractivity contribution in [2.45, 2.75) is 19.4 Å². The molecule has 0 fully saturated rings. The molecule has 0 aromatic carbocycles. The number of terminal acetylenes is 1. The SMILES string of the molecule is C#CCOc1nsnc1C1=CCCNC1C. The van der Waals surface area contributed by atoms with Crippen molar-refractivity contribution in [3.63, 3.8) is 0 Å². The van der Waals surface area contributed by atoms with Crippen LogP contribution in [0.4, 0.5) is 0 Å². The van der Waals surface area contributed by atoms with Gasteiger partial charge < -0.3 is 10.1 Å². The van der Waals surface area contributed by atoms with E-state index in [0.29, 0.717) is 5.88 Å². The van der Waals surface area contributed by atoms with Crippen LogP contribution in [0.15, 0.2) is 6.08 Å². The average Bonchev–Trinajstić information content (AvgIpc) is 2.75. The smallest absolute Gasteiger partial charge is 0.254 e. The minimum absolute atomic E-state index is 0.230. The first-order valence-corrected chi connectivity index (χ1v) is 5.88. The minimum atomic E-state index is 0.230. The lowest BCUT2D eigenvalue weighted by Crippen LogP contribution is -2.31. The van der Waals surface area contributed by atoms with E-state index in [1.54, 1.807) is 0 Å². The first-order valence-electron chi connectivity index (χ1n) is 5.15. The Bertz CT molecular complexity index is 433. The van der Waals surface area contributed by atoms with Gasteiger partial charge in [-0.1, -0.05) is 12.0 Å². The van der Waals surface area contributed by atoms with Crippen LogP contribution < -0.4 is 10.1 Å². The number of aromatic nitrogens is 2. The molecule has 1 aliphatic heterocycles. The molecule has 0 bridgehead atoms. The van der Waals surface area contributed by atoms with Crippen LogP contribution >= 0.6 is 11.7 Å². The molecule has 1 aromatic heterocycles. The molecule has 4 nitrogen and oxygen atoms in total. The maximum Gasteiger partial charge on any atom is 0.254 e. The molecule has 2 rings (SSSR count). The van der Waals surface area contributed by atoms with Gasteiger partial charge in [-0.05, 0) is 25.5 Å². The zero-order valence-electron chi connectivity index (χ0n) is 9.06. The Morgan fingerprint density at radius 3 is 3.31 bits per heavy atom. The highest BCUT2D eigenvalue weighted by atomic mass is 32.1. The zero-order valence-corrected chi connectivity index (χ0v) is 9.88. The van der Waals surface area contributed by atoms with E-state index in [1.807, 2.05) is 0 Å². The Balaban J connectivity index is 2.23. The Labute approximate surface area is 99.0 Å². The van der Waals surface area contributed by atoms with Crippen molar-refractivity contribution in [3.8, 4) is 18.2 Å². The molecular formula is C11H13N3OS. The lowest BCUT2D eigenvalue weighted by Gasteiger charge is -2.20. The van der Waals surface area contributed by atoms with Crippen LogP contribution in [0.3, 0.4) is 0 Å². The van der Waals surface area contributed by atoms with E-state index in [2.05, 4.69) is 33.0 Å². The summed E-state index contributed by atoms with van der Waals surface area (Å²) in [7, 11) is 0. The molecule has 1 aliphatic rings. The van der Waals surface area contributed by atoms with E-state index in [9.17, 15) is 0 Å². The maximum absolute atomic E-state index is 5.36. The molecule has 16 heavy (non-hydrogen) atoms. The van der Waals surface area contributed by atoms with Crippen molar-refractivity contribution in [1.29, 1.82) is 0 Å². The van der Waals surface area contributed by atoms with Crippen LogP contribution in [0, 0.1) is 12.3 Å². The summed E-state index contributed by atoms with van der Waals surface area (Å²) in [6.07, 6.45) is 8.34. The summed E-state index contributed by atoms with van der Waals surface area (Å²) in [5.41, 5.74) is 1.96. The van der Waals surface area contributed by atoms with Gasteiger partial charge in [0.2, 0.25) is 0 Å². The lowest BCUT2D eigenvalue weighted by atomic mass is 10.0. The number of nitrogens with one attached hydrogen (secondary N) is 1. The Morgan fingerprint density at radius 2 is 2.56 bits per heavy atom. The van der Waals surface area contributed by atoms with Crippen molar-refractivity contribution >= 4 is 17.3 Å². The number of ether oxygens (including phenoxy) is 1. The topological polar surface area (TPSA) is 47.0 Å². The van der Waals surface area contributed by atoms with Crippen LogP contribution in [0.25, 0.3) is 5.57 Å². The molecule has 0 radical (unpaired) electrons. The van der Waals surface area contributed by atoms with E-state index < -0.39 is 0 Å². The number of rotatable bonds is 3. The molecule has 84 valence electrons. The fraction of sp³-hybridized carbons (Fsp3) is 0.455. The molecular weight excluding hydrogens is 222 g/mol. The van der Waals surface area contributed by atoms with Gasteiger partial charge in [-0.3, -0.25) is 0 Å². The van der Waals surface area contributed by atoms with E-state index >= 15 is 0 Å². The van der Waals surface area contributed by atoms with E-state index in [-0.39, 0.29) is 12.6 Å². The maximum atomic E-state index is 5.36. The highest BCUT2D eigenvalue weighted by Crippen LogP contribution is 2.28. The Morgan fingerprint density at radius 1 is 1.69 bits per heavy atom. The summed E-state index contributed by atoms with van der Waals surface area (Å²) in [4.78, 5) is 0. The summed E-state index contributed by atoms with van der Waals surface area (Å²) in [5.74, 6) is 2.97. The molecule has 1 aromatic rings. The summed E-state index contributed by atoms with van der Waals surface area (Å²) in [6, 6.07) is 0.283. The molecule has 2 heterocycles. The van der Waals surface area contributed by atoms with Gasteiger partial charge in [0.15, 0.2) is 6.61 Å². The van der Waals surface area contributed by atoms with Gasteiger partial charge in [0.25, 0.3) is 5.88 Å². The average molecular weight is 235 g/mol. The molecule has 1 unspecified atom stereocenters. The summed E-state index contributed by atoms with van der Waals surface area (Å²) < 4.78 is 13.7. The van der Waals surface area contributed by atoms with Crippen molar-refractivity contribution < 1.29 is 4.74 Å². The molecule has 0 amide bonds. The van der Waals surface area contributed by atoms with E-state index in [4.69, 9.17) is 11.2 Å². The van der Waals surface area contributed by atoms with E-state index in [0.717, 1.165) is 36.0 Å². The van der Waals surface area contributed by atoms with Crippen LogP contribution in [0.2, 0.25) is 0 Å². The van der Waals surface area contributed by atoms with Gasteiger partial charge in [0.1, 0.15) is 5.69 Å². The minimum Gasteiger partial charge on any atom is -0.462 e. The normalized spacial score (nSPS) is 20.0. The summed E-state index contributed by atoms with van der Waals surface area (Å²) >= 11 is 1.15. The third-order valence-corrected chi connectivity index (χ3v) is 2.96. The van der Waals surface area contributed by atoms with Gasteiger partial charge in [0.05, 0.1) is 11.7 Å².